The highest BCUT2D eigenvalue weighted by molar-refractivity contribution is 7.14. The van der Waals surface area contributed by atoms with Gasteiger partial charge in [-0.1, -0.05) is 49.6 Å². The van der Waals surface area contributed by atoms with Crippen LogP contribution in [0.1, 0.15) is 63.7 Å². The molecule has 5 heteroatoms. The summed E-state index contributed by atoms with van der Waals surface area (Å²) in [7, 11) is 2.08. The van der Waals surface area contributed by atoms with E-state index in [-0.39, 0.29) is 5.92 Å². The van der Waals surface area contributed by atoms with E-state index in [9.17, 15) is 9.90 Å². The van der Waals surface area contributed by atoms with Gasteiger partial charge in [-0.25, -0.2) is 4.79 Å². The van der Waals surface area contributed by atoms with Crippen LogP contribution in [0.25, 0.3) is 0 Å². The highest BCUT2D eigenvalue weighted by Crippen LogP contribution is 2.49. The van der Waals surface area contributed by atoms with Crippen LogP contribution in [0, 0.1) is 5.92 Å². The number of ether oxygens (including phenoxy) is 1. The van der Waals surface area contributed by atoms with Gasteiger partial charge in [0.1, 0.15) is 24.3 Å². The second-order valence-electron chi connectivity index (χ2n) is 8.78. The van der Waals surface area contributed by atoms with E-state index in [2.05, 4.69) is 35.9 Å². The Morgan fingerprint density at radius 1 is 1.06 bits per heavy atom. The molecule has 1 saturated carbocycles. The maximum atomic E-state index is 11.6. The first kappa shape index (κ1) is 21.0. The molecule has 1 fully saturated rings. The number of fused-ring (bicyclic) bond motifs is 1. The van der Waals surface area contributed by atoms with E-state index in [0.29, 0.717) is 17.4 Å². The van der Waals surface area contributed by atoms with Crippen molar-refractivity contribution in [1.29, 1.82) is 0 Å². The highest BCUT2D eigenvalue weighted by atomic mass is 32.1. The van der Waals surface area contributed by atoms with Crippen molar-refractivity contribution in [3.8, 4) is 5.75 Å². The Morgan fingerprint density at radius 2 is 1.78 bits per heavy atom. The van der Waals surface area contributed by atoms with Gasteiger partial charge < -0.3 is 9.84 Å². The molecule has 2 aliphatic rings. The number of carbonyl (C=O) groups is 1. The minimum Gasteiger partial charge on any atom is -0.489 e. The van der Waals surface area contributed by atoms with E-state index in [0.717, 1.165) is 17.0 Å². The zero-order chi connectivity index (χ0) is 22.1. The first-order valence-electron chi connectivity index (χ1n) is 11.4. The molecule has 164 valence electrons. The molecule has 1 aromatic heterocycles. The molecule has 0 saturated heterocycles. The largest absolute Gasteiger partial charge is 0.489 e. The van der Waals surface area contributed by atoms with E-state index in [1.165, 1.54) is 59.6 Å². The molecule has 1 aliphatic heterocycles. The number of aromatic carboxylic acids is 1. The lowest BCUT2D eigenvalue weighted by Gasteiger charge is -2.26. The standard InChI is InChI=1S/C27H27NO3S/c1-28-22-16-23(27(29)30)32-26(22)24(19-10-6-3-7-11-19)25(28)20-12-14-21(15-13-20)31-17-18-8-4-2-5-9-18/h2,4-5,8-9,12-16,19,24H,3,6-7,10-11,17H2,1H3/p+1. The van der Waals surface area contributed by atoms with Gasteiger partial charge in [0.25, 0.3) is 0 Å². The van der Waals surface area contributed by atoms with Crippen LogP contribution in [0.3, 0.4) is 0 Å². The number of benzene rings is 2. The summed E-state index contributed by atoms with van der Waals surface area (Å²) in [4.78, 5) is 13.3. The maximum absolute atomic E-state index is 11.6. The maximum Gasteiger partial charge on any atom is 0.346 e. The summed E-state index contributed by atoms with van der Waals surface area (Å²) < 4.78 is 8.20. The lowest BCUT2D eigenvalue weighted by atomic mass is 9.76. The second-order valence-corrected chi connectivity index (χ2v) is 9.87. The number of carboxylic acid groups (broad SMARTS) is 1. The minimum atomic E-state index is -0.832. The fraction of sp³-hybridized carbons (Fsp3) is 0.333. The summed E-state index contributed by atoms with van der Waals surface area (Å²) >= 11 is 1.46. The van der Waals surface area contributed by atoms with Crippen molar-refractivity contribution < 1.29 is 19.2 Å². The van der Waals surface area contributed by atoms with Gasteiger partial charge in [-0.15, -0.1) is 11.3 Å². The van der Waals surface area contributed by atoms with Crippen molar-refractivity contribution in [1.82, 2.24) is 0 Å². The van der Waals surface area contributed by atoms with Crippen LogP contribution in [0.5, 0.6) is 5.75 Å². The van der Waals surface area contributed by atoms with E-state index >= 15 is 0 Å². The monoisotopic (exact) mass is 446 g/mol. The first-order chi connectivity index (χ1) is 15.6. The predicted molar refractivity (Wildman–Crippen MR) is 128 cm³/mol. The zero-order valence-corrected chi connectivity index (χ0v) is 19.1. The van der Waals surface area contributed by atoms with E-state index in [1.54, 1.807) is 0 Å². The van der Waals surface area contributed by atoms with Crippen LogP contribution in [-0.2, 0) is 6.61 Å². The van der Waals surface area contributed by atoms with Crippen LogP contribution >= 0.6 is 11.3 Å². The Morgan fingerprint density at radius 3 is 2.47 bits per heavy atom. The van der Waals surface area contributed by atoms with E-state index < -0.39 is 5.97 Å². The smallest absolute Gasteiger partial charge is 0.346 e. The Bertz CT molecular complexity index is 1140. The van der Waals surface area contributed by atoms with Crippen molar-refractivity contribution in [2.24, 2.45) is 5.92 Å². The molecule has 4 nitrogen and oxygen atoms in total. The molecule has 2 aromatic carbocycles. The fourth-order valence-corrected chi connectivity index (χ4v) is 6.42. The summed E-state index contributed by atoms with van der Waals surface area (Å²) in [6.45, 7) is 0.552. The molecule has 3 aromatic rings. The van der Waals surface area contributed by atoms with Crippen LogP contribution in [0.15, 0.2) is 60.7 Å². The molecule has 5 rings (SSSR count). The minimum absolute atomic E-state index is 0.268. The van der Waals surface area contributed by atoms with Gasteiger partial charge in [-0.2, -0.15) is 4.58 Å². The lowest BCUT2D eigenvalue weighted by Crippen LogP contribution is -2.24. The number of nitrogens with zero attached hydrogens (tertiary/aromatic N) is 1. The van der Waals surface area contributed by atoms with Crippen molar-refractivity contribution in [2.75, 3.05) is 7.05 Å². The van der Waals surface area contributed by atoms with Crippen molar-refractivity contribution >= 4 is 28.7 Å². The van der Waals surface area contributed by atoms with Gasteiger partial charge in [-0.05, 0) is 48.6 Å². The van der Waals surface area contributed by atoms with Crippen molar-refractivity contribution in [3.63, 3.8) is 0 Å². The summed E-state index contributed by atoms with van der Waals surface area (Å²) in [6.07, 6.45) is 6.24. The SMILES string of the molecule is C[N+]1=C(c2ccc(OCc3ccccc3)cc2)C(C2CCCCC2)c2sc(C(=O)O)cc21. The molecule has 1 unspecified atom stereocenters. The summed E-state index contributed by atoms with van der Waals surface area (Å²) in [5.41, 5.74) is 4.69. The molecular formula is C27H28NO3S+. The van der Waals surface area contributed by atoms with Crippen LogP contribution in [0.4, 0.5) is 5.69 Å². The van der Waals surface area contributed by atoms with Gasteiger partial charge in [0.05, 0.1) is 10.8 Å². The zero-order valence-electron chi connectivity index (χ0n) is 18.3. The number of rotatable bonds is 6. The molecule has 0 spiro atoms. The lowest BCUT2D eigenvalue weighted by molar-refractivity contribution is -0.401. The summed E-state index contributed by atoms with van der Waals surface area (Å²) in [5, 5.41) is 9.54. The summed E-state index contributed by atoms with van der Waals surface area (Å²) in [5.74, 6) is 0.860. The molecule has 1 aliphatic carbocycles. The number of hydrogen-bond donors (Lipinski definition) is 1. The van der Waals surface area contributed by atoms with Gasteiger partial charge in [-0.3, -0.25) is 0 Å². The predicted octanol–water partition coefficient (Wildman–Crippen LogP) is 6.47. The Hall–Kier alpha value is -2.92. The van der Waals surface area contributed by atoms with Crippen LogP contribution < -0.4 is 4.74 Å². The van der Waals surface area contributed by atoms with Crippen molar-refractivity contribution in [2.45, 2.75) is 44.6 Å². The van der Waals surface area contributed by atoms with Crippen LogP contribution in [0.2, 0.25) is 0 Å². The number of thiophene rings is 1. The molecule has 2 heterocycles. The van der Waals surface area contributed by atoms with E-state index in [4.69, 9.17) is 4.74 Å². The Balaban J connectivity index is 1.44. The molecule has 1 N–H and O–H groups in total. The normalized spacial score (nSPS) is 18.6. The molecule has 0 bridgehead atoms. The van der Waals surface area contributed by atoms with Crippen molar-refractivity contribution in [3.05, 3.63) is 81.5 Å². The third kappa shape index (κ3) is 3.97. The molecule has 32 heavy (non-hydrogen) atoms. The quantitative estimate of drug-likeness (QED) is 0.442. The topological polar surface area (TPSA) is 49.5 Å². The molecular weight excluding hydrogens is 418 g/mol. The van der Waals surface area contributed by atoms with Crippen LogP contribution in [-0.4, -0.2) is 28.4 Å². The highest BCUT2D eigenvalue weighted by Gasteiger charge is 2.45. The van der Waals surface area contributed by atoms with E-state index in [1.807, 2.05) is 36.4 Å². The van der Waals surface area contributed by atoms with Gasteiger partial charge in [0.15, 0.2) is 5.71 Å². The van der Waals surface area contributed by atoms with Gasteiger partial charge in [0, 0.05) is 11.6 Å². The second kappa shape index (κ2) is 8.91. The first-order valence-corrected chi connectivity index (χ1v) is 12.2. The molecule has 0 radical (unpaired) electrons. The van der Waals surface area contributed by atoms with Gasteiger partial charge >= 0.3 is 5.97 Å². The average molecular weight is 447 g/mol. The Labute approximate surface area is 192 Å². The Kier molecular flexibility index (Phi) is 5.83. The van der Waals surface area contributed by atoms with Gasteiger partial charge in [0.2, 0.25) is 5.69 Å². The average Bonchev–Trinajstić information content (AvgIpc) is 3.38. The third-order valence-corrected chi connectivity index (χ3v) is 7.97. The third-order valence-electron chi connectivity index (χ3n) is 6.77. The number of hydrogen-bond acceptors (Lipinski definition) is 3. The summed E-state index contributed by atoms with van der Waals surface area (Å²) in [6, 6.07) is 20.4. The molecule has 1 atom stereocenters. The molecule has 0 amide bonds. The fourth-order valence-electron chi connectivity index (χ4n) is 5.19. The number of carboxylic acids is 1.